The molecule has 1 saturated carbocycles. The number of ether oxygens (including phenoxy) is 1. The molecule has 6 heterocycles. The van der Waals surface area contributed by atoms with Crippen molar-refractivity contribution in [1.29, 1.82) is 0 Å². The minimum atomic E-state index is -4.75. The summed E-state index contributed by atoms with van der Waals surface area (Å²) in [4.78, 5) is 18.3. The number of rotatable bonds is 7. The summed E-state index contributed by atoms with van der Waals surface area (Å²) in [5.41, 5.74) is -0.861. The first-order valence-corrected chi connectivity index (χ1v) is 16.8. The van der Waals surface area contributed by atoms with Crippen LogP contribution in [0, 0.1) is 0 Å². The molecule has 3 aromatic heterocycles. The molecule has 0 unspecified atom stereocenters. The predicted octanol–water partition coefficient (Wildman–Crippen LogP) is 3.97. The van der Waals surface area contributed by atoms with Crippen molar-refractivity contribution in [2.75, 3.05) is 48.8 Å². The molecule has 4 aliphatic rings. The molecule has 3 aliphatic heterocycles. The van der Waals surface area contributed by atoms with Crippen LogP contribution in [0.1, 0.15) is 42.3 Å². The lowest BCUT2D eigenvalue weighted by Gasteiger charge is -2.34. The first kappa shape index (κ1) is 28.9. The van der Waals surface area contributed by atoms with Gasteiger partial charge in [0.25, 0.3) is 0 Å². The molecule has 0 aromatic carbocycles. The molecule has 1 spiro atoms. The van der Waals surface area contributed by atoms with E-state index < -0.39 is 27.2 Å². The Bertz CT molecular complexity index is 1680. The van der Waals surface area contributed by atoms with Gasteiger partial charge >= 0.3 is 6.18 Å². The van der Waals surface area contributed by atoms with Gasteiger partial charge in [-0.3, -0.25) is 4.90 Å². The molecule has 7 rings (SSSR count). The van der Waals surface area contributed by atoms with Gasteiger partial charge in [-0.05, 0) is 43.9 Å². The highest BCUT2D eigenvalue weighted by atomic mass is 32.2. The number of aliphatic hydroxyl groups excluding tert-OH is 1. The van der Waals surface area contributed by atoms with E-state index in [1.165, 1.54) is 6.07 Å². The fraction of sp³-hybridized carbons (Fsp3) is 0.536. The summed E-state index contributed by atoms with van der Waals surface area (Å²) in [6, 6.07) is 5.74. The maximum absolute atomic E-state index is 14.1. The number of nitrogens with zero attached hydrogens (tertiary/aromatic N) is 5. The quantitative estimate of drug-likeness (QED) is 0.394. The zero-order valence-electron chi connectivity index (χ0n) is 23.4. The van der Waals surface area contributed by atoms with Crippen molar-refractivity contribution in [2.45, 2.75) is 61.4 Å². The van der Waals surface area contributed by atoms with Gasteiger partial charge in [0.1, 0.15) is 17.0 Å². The van der Waals surface area contributed by atoms with E-state index in [0.717, 1.165) is 48.6 Å². The predicted molar refractivity (Wildman–Crippen MR) is 154 cm³/mol. The van der Waals surface area contributed by atoms with Crippen molar-refractivity contribution in [3.63, 3.8) is 0 Å². The van der Waals surface area contributed by atoms with Crippen LogP contribution in [0.3, 0.4) is 0 Å². The minimum absolute atomic E-state index is 0.0342. The number of fused-ring (bicyclic) bond motifs is 4. The fourth-order valence-corrected chi connectivity index (χ4v) is 9.60. The molecule has 0 amide bonds. The smallest absolute Gasteiger partial charge is 0.395 e. The van der Waals surface area contributed by atoms with Crippen LogP contribution < -0.4 is 10.2 Å². The van der Waals surface area contributed by atoms with E-state index in [4.69, 9.17) is 9.72 Å². The van der Waals surface area contributed by atoms with E-state index in [9.17, 15) is 26.7 Å². The summed E-state index contributed by atoms with van der Waals surface area (Å²) in [7, 11) is -3.71. The highest BCUT2D eigenvalue weighted by Gasteiger charge is 2.52. The van der Waals surface area contributed by atoms with Gasteiger partial charge in [-0.15, -0.1) is 11.3 Å². The third-order valence-corrected chi connectivity index (χ3v) is 11.9. The summed E-state index contributed by atoms with van der Waals surface area (Å²) in [6.07, 6.45) is -1.17. The molecule has 1 aliphatic carbocycles. The molecule has 3 aromatic rings. The molecular formula is C28H31F3N6O4S2. The highest BCUT2D eigenvalue weighted by molar-refractivity contribution is 7.91. The van der Waals surface area contributed by atoms with Crippen LogP contribution >= 0.6 is 11.3 Å². The SMILES string of the molecule is CCc1nc(N2C[C@H]3C[C@@H]2CN3CCO)ccc1Nc1ncc(C(F)(F)F)c(-c2cc3c(s2)C2(CC2)OCCS3(=O)=O)n1. The lowest BCUT2D eigenvalue weighted by Crippen LogP contribution is -2.47. The van der Waals surface area contributed by atoms with Crippen molar-refractivity contribution >= 4 is 38.6 Å². The van der Waals surface area contributed by atoms with Crippen LogP contribution in [-0.2, 0) is 32.8 Å². The lowest BCUT2D eigenvalue weighted by atomic mass is 10.2. The van der Waals surface area contributed by atoms with Gasteiger partial charge in [-0.1, -0.05) is 6.92 Å². The van der Waals surface area contributed by atoms with Crippen molar-refractivity contribution in [1.82, 2.24) is 19.9 Å². The summed E-state index contributed by atoms with van der Waals surface area (Å²) < 4.78 is 74.2. The van der Waals surface area contributed by atoms with Crippen molar-refractivity contribution < 1.29 is 31.4 Å². The number of hydrogen-bond donors (Lipinski definition) is 2. The van der Waals surface area contributed by atoms with Crippen LogP contribution in [-0.4, -0.2) is 84.1 Å². The molecule has 0 radical (unpaired) electrons. The van der Waals surface area contributed by atoms with Gasteiger partial charge in [0.2, 0.25) is 5.95 Å². The largest absolute Gasteiger partial charge is 0.420 e. The Balaban J connectivity index is 1.20. The monoisotopic (exact) mass is 636 g/mol. The third kappa shape index (κ3) is 5.08. The van der Waals surface area contributed by atoms with Gasteiger partial charge in [-0.2, -0.15) is 13.2 Å². The number of likely N-dealkylation sites (tertiary alicyclic amines) is 1. The van der Waals surface area contributed by atoms with E-state index in [1.807, 2.05) is 19.1 Å². The standard InChI is InChI=1S/C28H31F3N6O4S2/c1-2-19-20(3-4-23(33-19)37-15-16-11-17(37)14-36(16)7-8-38)34-26-32-13-18(28(29,30)31)24(35-26)21-12-22-25(42-21)27(5-6-27)41-9-10-43(22,39)40/h3-4,12-13,16-17,38H,2,5-11,14-15H2,1H3,(H,32,34,35)/t16-,17-/m1/s1. The first-order valence-electron chi connectivity index (χ1n) is 14.4. The molecule has 2 saturated heterocycles. The second kappa shape index (κ2) is 10.4. The minimum Gasteiger partial charge on any atom is -0.395 e. The van der Waals surface area contributed by atoms with Crippen LogP contribution in [0.5, 0.6) is 0 Å². The molecule has 3 fully saturated rings. The molecule has 2 N–H and O–H groups in total. The van der Waals surface area contributed by atoms with Crippen molar-refractivity contribution in [3.05, 3.63) is 40.5 Å². The Kier molecular flexibility index (Phi) is 6.96. The summed E-state index contributed by atoms with van der Waals surface area (Å²) in [5, 5.41) is 12.4. The summed E-state index contributed by atoms with van der Waals surface area (Å²) >= 11 is 0.994. The average molecular weight is 637 g/mol. The zero-order valence-corrected chi connectivity index (χ0v) is 25.0. The van der Waals surface area contributed by atoms with Gasteiger partial charge in [0.05, 0.1) is 50.7 Å². The summed E-state index contributed by atoms with van der Waals surface area (Å²) in [6.45, 7) is 4.51. The molecular weight excluding hydrogens is 605 g/mol. The van der Waals surface area contributed by atoms with E-state index in [-0.39, 0.29) is 40.4 Å². The number of hydrogen-bond acceptors (Lipinski definition) is 11. The molecule has 43 heavy (non-hydrogen) atoms. The Morgan fingerprint density at radius 2 is 2.02 bits per heavy atom. The second-order valence-electron chi connectivity index (χ2n) is 11.5. The molecule has 230 valence electrons. The normalized spacial score (nSPS) is 23.9. The van der Waals surface area contributed by atoms with E-state index in [1.54, 1.807) is 0 Å². The fourth-order valence-electron chi connectivity index (χ4n) is 6.47. The van der Waals surface area contributed by atoms with Gasteiger partial charge in [0.15, 0.2) is 9.84 Å². The highest BCUT2D eigenvalue weighted by Crippen LogP contribution is 2.56. The molecule has 15 heteroatoms. The maximum Gasteiger partial charge on any atom is 0.420 e. The second-order valence-corrected chi connectivity index (χ2v) is 14.6. The lowest BCUT2D eigenvalue weighted by molar-refractivity contribution is -0.137. The Labute approximate surface area is 250 Å². The topological polar surface area (TPSA) is 121 Å². The van der Waals surface area contributed by atoms with E-state index in [2.05, 4.69) is 25.1 Å². The van der Waals surface area contributed by atoms with Gasteiger partial charge < -0.3 is 20.1 Å². The number of alkyl halides is 3. The Morgan fingerprint density at radius 3 is 2.70 bits per heavy atom. The number of thiophene rings is 1. The maximum atomic E-state index is 14.1. The van der Waals surface area contributed by atoms with Crippen molar-refractivity contribution in [3.8, 4) is 10.6 Å². The van der Waals surface area contributed by atoms with Gasteiger partial charge in [0, 0.05) is 37.9 Å². The summed E-state index contributed by atoms with van der Waals surface area (Å²) in [5.74, 6) is 0.574. The number of anilines is 3. The number of piperazine rings is 1. The molecule has 2 bridgehead atoms. The number of aromatic nitrogens is 3. The average Bonchev–Trinajstić information content (AvgIpc) is 3.30. The number of aryl methyl sites for hydroxylation is 1. The number of pyridine rings is 1. The molecule has 2 atom stereocenters. The van der Waals surface area contributed by atoms with Crippen LogP contribution in [0.4, 0.5) is 30.6 Å². The van der Waals surface area contributed by atoms with E-state index in [0.29, 0.717) is 48.5 Å². The number of sulfone groups is 1. The number of β-amino-alcohol motifs (C(OH)–C–C–N with tert-alkyl or cyclic N) is 1. The van der Waals surface area contributed by atoms with Crippen LogP contribution in [0.15, 0.2) is 29.3 Å². The van der Waals surface area contributed by atoms with Crippen molar-refractivity contribution in [2.24, 2.45) is 0 Å². The number of aliphatic hydroxyl groups is 1. The van der Waals surface area contributed by atoms with Gasteiger partial charge in [-0.25, -0.2) is 23.4 Å². The Morgan fingerprint density at radius 1 is 1.21 bits per heavy atom. The third-order valence-electron chi connectivity index (χ3n) is 8.79. The number of nitrogens with one attached hydrogen (secondary N) is 1. The molecule has 10 nitrogen and oxygen atoms in total. The Hall–Kier alpha value is -2.85. The first-order chi connectivity index (χ1) is 20.5. The van der Waals surface area contributed by atoms with Crippen LogP contribution in [0.25, 0.3) is 10.6 Å². The number of halogens is 3. The van der Waals surface area contributed by atoms with E-state index >= 15 is 0 Å². The van der Waals surface area contributed by atoms with Crippen LogP contribution in [0.2, 0.25) is 0 Å². The zero-order chi connectivity index (χ0) is 30.1.